The van der Waals surface area contributed by atoms with Crippen molar-refractivity contribution in [3.8, 4) is 6.07 Å². The largest absolute Gasteiger partial charge is 0.192 e. The Balaban J connectivity index is 2.70. The Labute approximate surface area is 92.4 Å². The van der Waals surface area contributed by atoms with E-state index in [1.807, 2.05) is 30.3 Å². The molecular weight excluding hydrogens is 200 g/mol. The molecule has 16 heavy (non-hydrogen) atoms. The predicted octanol–water partition coefficient (Wildman–Crippen LogP) is 3.52. The molecule has 4 nitrogen and oxygen atoms in total. The molecule has 0 aliphatic heterocycles. The molecule has 2 rings (SSSR count). The van der Waals surface area contributed by atoms with Gasteiger partial charge in [-0.15, -0.1) is 0 Å². The lowest BCUT2D eigenvalue weighted by atomic mass is 10.0. The molecule has 0 radical (unpaired) electrons. The topological polar surface area (TPSA) is 72.5 Å². The summed E-state index contributed by atoms with van der Waals surface area (Å²) in [5.41, 5.74) is 9.88. The molecule has 0 spiro atoms. The SMILES string of the molecule is N#Cc1ccc(CN=[N+]=[N-])c2ccccc12. The molecule has 0 aliphatic carbocycles. The quantitative estimate of drug-likeness (QED) is 0.422. The maximum absolute atomic E-state index is 8.97. The lowest BCUT2D eigenvalue weighted by Crippen LogP contribution is -1.87. The molecular formula is C12H8N4. The third kappa shape index (κ3) is 1.68. The van der Waals surface area contributed by atoms with Gasteiger partial charge in [-0.2, -0.15) is 5.26 Å². The van der Waals surface area contributed by atoms with Crippen LogP contribution in [0.2, 0.25) is 0 Å². The number of benzene rings is 2. The summed E-state index contributed by atoms with van der Waals surface area (Å²) in [6.45, 7) is 0.308. The van der Waals surface area contributed by atoms with Crippen LogP contribution in [0.1, 0.15) is 11.1 Å². The van der Waals surface area contributed by atoms with Crippen molar-refractivity contribution in [2.24, 2.45) is 5.11 Å². The van der Waals surface area contributed by atoms with E-state index in [1.54, 1.807) is 6.07 Å². The van der Waals surface area contributed by atoms with Gasteiger partial charge in [-0.1, -0.05) is 35.4 Å². The maximum atomic E-state index is 8.97. The van der Waals surface area contributed by atoms with Gasteiger partial charge in [0.2, 0.25) is 0 Å². The molecule has 0 aliphatic rings. The predicted molar refractivity (Wildman–Crippen MR) is 61.5 cm³/mol. The van der Waals surface area contributed by atoms with E-state index in [9.17, 15) is 0 Å². The van der Waals surface area contributed by atoms with Gasteiger partial charge in [0.1, 0.15) is 0 Å². The highest BCUT2D eigenvalue weighted by Gasteiger charge is 2.03. The number of fused-ring (bicyclic) bond motifs is 1. The molecule has 0 saturated carbocycles. The first-order valence-electron chi connectivity index (χ1n) is 4.78. The highest BCUT2D eigenvalue weighted by atomic mass is 15.1. The summed E-state index contributed by atoms with van der Waals surface area (Å²) < 4.78 is 0. The van der Waals surface area contributed by atoms with Gasteiger partial charge < -0.3 is 0 Å². The Hall–Kier alpha value is -2.50. The summed E-state index contributed by atoms with van der Waals surface area (Å²) in [5, 5.41) is 14.4. The molecule has 0 bridgehead atoms. The van der Waals surface area contributed by atoms with E-state index in [1.165, 1.54) is 0 Å². The van der Waals surface area contributed by atoms with Gasteiger partial charge in [-0.05, 0) is 27.9 Å². The second kappa shape index (κ2) is 4.35. The minimum Gasteiger partial charge on any atom is -0.192 e. The lowest BCUT2D eigenvalue weighted by molar-refractivity contribution is 1.06. The maximum Gasteiger partial charge on any atom is 0.0998 e. The van der Waals surface area contributed by atoms with Crippen LogP contribution in [-0.4, -0.2) is 0 Å². The summed E-state index contributed by atoms with van der Waals surface area (Å²) >= 11 is 0. The molecule has 0 unspecified atom stereocenters. The number of azide groups is 1. The highest BCUT2D eigenvalue weighted by Crippen LogP contribution is 2.22. The number of nitrogens with zero attached hydrogens (tertiary/aromatic N) is 4. The molecule has 0 heterocycles. The fourth-order valence-corrected chi connectivity index (χ4v) is 1.70. The zero-order valence-electron chi connectivity index (χ0n) is 8.46. The molecule has 4 heteroatoms. The van der Waals surface area contributed by atoms with Crippen molar-refractivity contribution in [2.45, 2.75) is 6.54 Å². The first-order valence-corrected chi connectivity index (χ1v) is 4.78. The van der Waals surface area contributed by atoms with E-state index in [-0.39, 0.29) is 0 Å². The van der Waals surface area contributed by atoms with Crippen molar-refractivity contribution in [1.82, 2.24) is 0 Å². The normalized spacial score (nSPS) is 9.44. The first kappa shape index (κ1) is 10.0. The van der Waals surface area contributed by atoms with Crippen LogP contribution >= 0.6 is 0 Å². The van der Waals surface area contributed by atoms with Gasteiger partial charge >= 0.3 is 0 Å². The Kier molecular flexibility index (Phi) is 2.73. The van der Waals surface area contributed by atoms with Gasteiger partial charge in [0.05, 0.1) is 18.2 Å². The molecule has 76 valence electrons. The van der Waals surface area contributed by atoms with Crippen LogP contribution in [0.25, 0.3) is 21.2 Å². The van der Waals surface area contributed by atoms with Crippen molar-refractivity contribution in [1.29, 1.82) is 5.26 Å². The Morgan fingerprint density at radius 1 is 1.19 bits per heavy atom. The fourth-order valence-electron chi connectivity index (χ4n) is 1.70. The van der Waals surface area contributed by atoms with Crippen LogP contribution in [-0.2, 0) is 6.54 Å². The van der Waals surface area contributed by atoms with Gasteiger partial charge in [-0.3, -0.25) is 0 Å². The van der Waals surface area contributed by atoms with Gasteiger partial charge in [0, 0.05) is 4.91 Å². The minimum atomic E-state index is 0.308. The average molecular weight is 208 g/mol. The Morgan fingerprint density at radius 3 is 2.62 bits per heavy atom. The molecule has 0 N–H and O–H groups in total. The van der Waals surface area contributed by atoms with E-state index < -0.39 is 0 Å². The molecule has 0 amide bonds. The number of rotatable bonds is 2. The third-order valence-electron chi connectivity index (χ3n) is 2.44. The summed E-state index contributed by atoms with van der Waals surface area (Å²) in [6, 6.07) is 13.4. The number of hydrogen-bond donors (Lipinski definition) is 0. The van der Waals surface area contributed by atoms with Crippen molar-refractivity contribution < 1.29 is 0 Å². The van der Waals surface area contributed by atoms with Gasteiger partial charge in [-0.25, -0.2) is 0 Å². The van der Waals surface area contributed by atoms with E-state index >= 15 is 0 Å². The third-order valence-corrected chi connectivity index (χ3v) is 2.44. The average Bonchev–Trinajstić information content (AvgIpc) is 2.36. The van der Waals surface area contributed by atoms with Crippen LogP contribution < -0.4 is 0 Å². The van der Waals surface area contributed by atoms with Crippen molar-refractivity contribution in [3.63, 3.8) is 0 Å². The van der Waals surface area contributed by atoms with Crippen molar-refractivity contribution in [3.05, 3.63) is 58.0 Å². The zero-order valence-corrected chi connectivity index (χ0v) is 8.46. The van der Waals surface area contributed by atoms with Crippen LogP contribution in [0.3, 0.4) is 0 Å². The number of nitriles is 1. The van der Waals surface area contributed by atoms with Gasteiger partial charge in [0.15, 0.2) is 0 Å². The summed E-state index contributed by atoms with van der Waals surface area (Å²) in [5.74, 6) is 0. The molecule has 0 aromatic heterocycles. The second-order valence-corrected chi connectivity index (χ2v) is 3.32. The van der Waals surface area contributed by atoms with E-state index in [0.717, 1.165) is 16.3 Å². The Morgan fingerprint density at radius 2 is 1.94 bits per heavy atom. The fraction of sp³-hybridized carbons (Fsp3) is 0.0833. The molecule has 0 saturated heterocycles. The minimum absolute atomic E-state index is 0.308. The number of hydrogen-bond acceptors (Lipinski definition) is 2. The van der Waals surface area contributed by atoms with Gasteiger partial charge in [0.25, 0.3) is 0 Å². The zero-order chi connectivity index (χ0) is 11.4. The first-order chi connectivity index (χ1) is 7.86. The second-order valence-electron chi connectivity index (χ2n) is 3.32. The van der Waals surface area contributed by atoms with E-state index in [4.69, 9.17) is 10.8 Å². The van der Waals surface area contributed by atoms with Crippen LogP contribution in [0, 0.1) is 11.3 Å². The van der Waals surface area contributed by atoms with Crippen LogP contribution in [0.5, 0.6) is 0 Å². The van der Waals surface area contributed by atoms with Crippen LogP contribution in [0.15, 0.2) is 41.5 Å². The standard InChI is InChI=1S/C12H8N4/c13-7-9-5-6-10(8-15-16-14)12-4-2-1-3-11(9)12/h1-6H,8H2. The highest BCUT2D eigenvalue weighted by molar-refractivity contribution is 5.90. The molecule has 2 aromatic rings. The summed E-state index contributed by atoms with van der Waals surface area (Å²) in [6.07, 6.45) is 0. The van der Waals surface area contributed by atoms with E-state index in [0.29, 0.717) is 12.1 Å². The van der Waals surface area contributed by atoms with Crippen molar-refractivity contribution in [2.75, 3.05) is 0 Å². The van der Waals surface area contributed by atoms with E-state index in [2.05, 4.69) is 16.1 Å². The summed E-state index contributed by atoms with van der Waals surface area (Å²) in [4.78, 5) is 2.74. The lowest BCUT2D eigenvalue weighted by Gasteiger charge is -2.04. The summed E-state index contributed by atoms with van der Waals surface area (Å²) in [7, 11) is 0. The van der Waals surface area contributed by atoms with Crippen LogP contribution in [0.4, 0.5) is 0 Å². The smallest absolute Gasteiger partial charge is 0.0998 e. The molecule has 2 aromatic carbocycles. The molecule has 0 fully saturated rings. The van der Waals surface area contributed by atoms with Crippen molar-refractivity contribution >= 4 is 10.8 Å². The molecule has 0 atom stereocenters. The monoisotopic (exact) mass is 208 g/mol. The Bertz CT molecular complexity index is 618.